The molecular formula is C21H13ClN4OS2. The van der Waals surface area contributed by atoms with Crippen LogP contribution in [0.3, 0.4) is 0 Å². The normalized spacial score (nSPS) is 11.2. The van der Waals surface area contributed by atoms with E-state index >= 15 is 0 Å². The molecule has 29 heavy (non-hydrogen) atoms. The highest BCUT2D eigenvalue weighted by Crippen LogP contribution is 2.32. The summed E-state index contributed by atoms with van der Waals surface area (Å²) < 4.78 is 5.82. The molecule has 0 N–H and O–H groups in total. The molecule has 5 aromatic rings. The topological polar surface area (TPSA) is 64.7 Å². The Morgan fingerprint density at radius 2 is 1.79 bits per heavy atom. The van der Waals surface area contributed by atoms with Crippen molar-refractivity contribution in [2.24, 2.45) is 0 Å². The van der Waals surface area contributed by atoms with Crippen LogP contribution in [0, 0.1) is 0 Å². The molecule has 0 aliphatic rings. The van der Waals surface area contributed by atoms with Crippen LogP contribution in [-0.4, -0.2) is 20.2 Å². The van der Waals surface area contributed by atoms with Crippen molar-refractivity contribution in [1.82, 2.24) is 20.2 Å². The third-order valence-corrected chi connectivity index (χ3v) is 6.38. The first-order chi connectivity index (χ1) is 14.3. The van der Waals surface area contributed by atoms with E-state index in [0.29, 0.717) is 22.6 Å². The molecule has 2 aromatic carbocycles. The van der Waals surface area contributed by atoms with Crippen LogP contribution >= 0.6 is 34.7 Å². The number of benzene rings is 2. The van der Waals surface area contributed by atoms with Gasteiger partial charge in [0.15, 0.2) is 5.82 Å². The zero-order chi connectivity index (χ0) is 19.6. The average Bonchev–Trinajstić information content (AvgIpc) is 3.44. The molecule has 0 unspecified atom stereocenters. The van der Waals surface area contributed by atoms with E-state index < -0.39 is 0 Å². The number of halogens is 1. The van der Waals surface area contributed by atoms with Gasteiger partial charge in [0.25, 0.3) is 0 Å². The fraction of sp³-hybridized carbons (Fsp3) is 0.0476. The maximum atomic E-state index is 6.22. The SMILES string of the molecule is Clc1ccccc1-c1nnc(CSc2nc(-c3cccs3)nc3ccccc23)o1. The smallest absolute Gasteiger partial charge is 0.249 e. The first kappa shape index (κ1) is 18.3. The molecule has 8 heteroatoms. The minimum atomic E-state index is 0.415. The predicted octanol–water partition coefficient (Wildman–Crippen LogP) is 6.35. The number of hydrogen-bond donors (Lipinski definition) is 0. The van der Waals surface area contributed by atoms with Gasteiger partial charge in [0.1, 0.15) is 5.03 Å². The van der Waals surface area contributed by atoms with E-state index in [1.807, 2.05) is 60.0 Å². The van der Waals surface area contributed by atoms with Crippen molar-refractivity contribution in [2.45, 2.75) is 10.8 Å². The molecule has 0 saturated heterocycles. The molecule has 5 nitrogen and oxygen atoms in total. The van der Waals surface area contributed by atoms with E-state index in [2.05, 4.69) is 10.2 Å². The molecule has 0 aliphatic carbocycles. The van der Waals surface area contributed by atoms with E-state index in [1.54, 1.807) is 29.2 Å². The molecule has 0 aliphatic heterocycles. The third kappa shape index (κ3) is 3.76. The van der Waals surface area contributed by atoms with Gasteiger partial charge in [0.05, 0.1) is 26.7 Å². The molecule has 0 fully saturated rings. The van der Waals surface area contributed by atoms with Crippen molar-refractivity contribution >= 4 is 45.6 Å². The lowest BCUT2D eigenvalue weighted by molar-refractivity contribution is 0.528. The Hall–Kier alpha value is -2.74. The minimum Gasteiger partial charge on any atom is -0.420 e. The van der Waals surface area contributed by atoms with Gasteiger partial charge in [-0.2, -0.15) is 0 Å². The predicted molar refractivity (Wildman–Crippen MR) is 117 cm³/mol. The van der Waals surface area contributed by atoms with Crippen LogP contribution < -0.4 is 0 Å². The van der Waals surface area contributed by atoms with Crippen LogP contribution in [0.4, 0.5) is 0 Å². The number of rotatable bonds is 5. The number of aromatic nitrogens is 4. The highest BCUT2D eigenvalue weighted by Gasteiger charge is 2.14. The summed E-state index contributed by atoms with van der Waals surface area (Å²) in [6, 6.07) is 19.4. The molecule has 5 rings (SSSR count). The molecule has 3 aromatic heterocycles. The van der Waals surface area contributed by atoms with Gasteiger partial charge < -0.3 is 4.42 Å². The number of hydrogen-bond acceptors (Lipinski definition) is 7. The Balaban J connectivity index is 1.45. The fourth-order valence-corrected chi connectivity index (χ4v) is 4.59. The van der Waals surface area contributed by atoms with Gasteiger partial charge in [-0.1, -0.05) is 59.8 Å². The number of thiophene rings is 1. The van der Waals surface area contributed by atoms with Gasteiger partial charge in [-0.3, -0.25) is 0 Å². The monoisotopic (exact) mass is 436 g/mol. The summed E-state index contributed by atoms with van der Waals surface area (Å²) in [5.74, 6) is 2.16. The summed E-state index contributed by atoms with van der Waals surface area (Å²) >= 11 is 9.40. The van der Waals surface area contributed by atoms with E-state index in [0.717, 1.165) is 32.2 Å². The Morgan fingerprint density at radius 3 is 2.66 bits per heavy atom. The summed E-state index contributed by atoms with van der Waals surface area (Å²) in [5, 5.41) is 12.8. The molecule has 0 radical (unpaired) electrons. The fourth-order valence-electron chi connectivity index (χ4n) is 2.86. The molecule has 0 saturated carbocycles. The Kier molecular flexibility index (Phi) is 5.01. The molecule has 0 bridgehead atoms. The number of nitrogens with zero attached hydrogens (tertiary/aromatic N) is 4. The van der Waals surface area contributed by atoms with E-state index in [4.69, 9.17) is 26.0 Å². The second-order valence-electron chi connectivity index (χ2n) is 6.12. The maximum absolute atomic E-state index is 6.22. The molecule has 0 atom stereocenters. The van der Waals surface area contributed by atoms with Crippen molar-refractivity contribution in [2.75, 3.05) is 0 Å². The molecular weight excluding hydrogens is 424 g/mol. The van der Waals surface area contributed by atoms with Crippen LogP contribution in [-0.2, 0) is 5.75 Å². The van der Waals surface area contributed by atoms with Crippen LogP contribution in [0.25, 0.3) is 33.1 Å². The summed E-state index contributed by atoms with van der Waals surface area (Å²) in [7, 11) is 0. The highest BCUT2D eigenvalue weighted by atomic mass is 35.5. The largest absolute Gasteiger partial charge is 0.420 e. The van der Waals surface area contributed by atoms with E-state index in [-0.39, 0.29) is 0 Å². The van der Waals surface area contributed by atoms with E-state index in [1.165, 1.54) is 0 Å². The molecule has 3 heterocycles. The maximum Gasteiger partial charge on any atom is 0.249 e. The quantitative estimate of drug-likeness (QED) is 0.236. The molecule has 142 valence electrons. The van der Waals surface area contributed by atoms with Crippen LogP contribution in [0.2, 0.25) is 5.02 Å². The number of para-hydroxylation sites is 1. The number of thioether (sulfide) groups is 1. The zero-order valence-corrected chi connectivity index (χ0v) is 17.3. The van der Waals surface area contributed by atoms with Gasteiger partial charge in [0.2, 0.25) is 11.8 Å². The second-order valence-corrected chi connectivity index (χ2v) is 8.44. The third-order valence-electron chi connectivity index (χ3n) is 4.21. The Bertz CT molecular complexity index is 1290. The average molecular weight is 437 g/mol. The van der Waals surface area contributed by atoms with E-state index in [9.17, 15) is 0 Å². The summed E-state index contributed by atoms with van der Waals surface area (Å²) in [5.41, 5.74) is 1.64. The van der Waals surface area contributed by atoms with Gasteiger partial charge in [0, 0.05) is 5.39 Å². The first-order valence-corrected chi connectivity index (χ1v) is 11.0. The van der Waals surface area contributed by atoms with Gasteiger partial charge in [-0.15, -0.1) is 21.5 Å². The first-order valence-electron chi connectivity index (χ1n) is 8.79. The zero-order valence-electron chi connectivity index (χ0n) is 14.9. The summed E-state index contributed by atoms with van der Waals surface area (Å²) in [4.78, 5) is 10.5. The van der Waals surface area contributed by atoms with Gasteiger partial charge in [-0.05, 0) is 29.6 Å². The lowest BCUT2D eigenvalue weighted by Crippen LogP contribution is -1.93. The Morgan fingerprint density at radius 1 is 0.931 bits per heavy atom. The van der Waals surface area contributed by atoms with Crippen LogP contribution in [0.5, 0.6) is 0 Å². The van der Waals surface area contributed by atoms with Crippen molar-refractivity contribution < 1.29 is 4.42 Å². The van der Waals surface area contributed by atoms with Crippen molar-refractivity contribution in [3.8, 4) is 22.2 Å². The summed E-state index contributed by atoms with van der Waals surface area (Å²) in [6.07, 6.45) is 0. The van der Waals surface area contributed by atoms with Crippen LogP contribution in [0.1, 0.15) is 5.89 Å². The molecule has 0 spiro atoms. The summed E-state index contributed by atoms with van der Waals surface area (Å²) in [6.45, 7) is 0. The second kappa shape index (κ2) is 7.94. The lowest BCUT2D eigenvalue weighted by atomic mass is 10.2. The highest BCUT2D eigenvalue weighted by molar-refractivity contribution is 7.98. The number of fused-ring (bicyclic) bond motifs is 1. The molecule has 0 amide bonds. The van der Waals surface area contributed by atoms with Gasteiger partial charge >= 0.3 is 0 Å². The van der Waals surface area contributed by atoms with Crippen molar-refractivity contribution in [3.63, 3.8) is 0 Å². The minimum absolute atomic E-state index is 0.415. The lowest BCUT2D eigenvalue weighted by Gasteiger charge is -2.06. The van der Waals surface area contributed by atoms with Crippen LogP contribution in [0.15, 0.2) is 75.5 Å². The van der Waals surface area contributed by atoms with Crippen molar-refractivity contribution in [1.29, 1.82) is 0 Å². The van der Waals surface area contributed by atoms with Crippen molar-refractivity contribution in [3.05, 3.63) is 77.0 Å². The standard InChI is InChI=1S/C21H13ClN4OS2/c22-15-8-3-1-6-13(15)20-26-25-18(27-20)12-29-21-14-7-2-4-9-16(14)23-19(24-21)17-10-5-11-28-17/h1-11H,12H2. The Labute approximate surface area is 179 Å². The van der Waals surface area contributed by atoms with Gasteiger partial charge in [-0.25, -0.2) is 9.97 Å².